The lowest BCUT2D eigenvalue weighted by Gasteiger charge is -2.43. The zero-order chi connectivity index (χ0) is 13.9. The summed E-state index contributed by atoms with van der Waals surface area (Å²) in [5.41, 5.74) is 8.26. The molecule has 4 nitrogen and oxygen atoms in total. The monoisotopic (exact) mass is 265 g/mol. The largest absolute Gasteiger partial charge is 0.493 e. The maximum absolute atomic E-state index is 5.65. The van der Waals surface area contributed by atoms with Crippen LogP contribution in [0.3, 0.4) is 0 Å². The van der Waals surface area contributed by atoms with Gasteiger partial charge in [-0.05, 0) is 49.6 Å². The predicted octanol–water partition coefficient (Wildman–Crippen LogP) is 2.02. The lowest BCUT2D eigenvalue weighted by molar-refractivity contribution is -0.0652. The lowest BCUT2D eigenvalue weighted by atomic mass is 9.73. The Labute approximate surface area is 114 Å². The molecule has 0 aromatic heterocycles. The van der Waals surface area contributed by atoms with E-state index >= 15 is 0 Å². The van der Waals surface area contributed by atoms with Crippen LogP contribution in [0.4, 0.5) is 0 Å². The van der Waals surface area contributed by atoms with Crippen molar-refractivity contribution in [3.63, 3.8) is 0 Å². The number of ether oxygens (including phenoxy) is 3. The van der Waals surface area contributed by atoms with Gasteiger partial charge in [0.05, 0.1) is 27.4 Å². The van der Waals surface area contributed by atoms with E-state index < -0.39 is 0 Å². The van der Waals surface area contributed by atoms with Crippen LogP contribution in [0.25, 0.3) is 0 Å². The highest BCUT2D eigenvalue weighted by molar-refractivity contribution is 5.50. The third-order valence-electron chi connectivity index (χ3n) is 3.92. The zero-order valence-electron chi connectivity index (χ0n) is 12.0. The second kappa shape index (κ2) is 5.80. The number of methoxy groups -OCH3 is 2. The Morgan fingerprint density at radius 1 is 1.21 bits per heavy atom. The summed E-state index contributed by atoms with van der Waals surface area (Å²) < 4.78 is 16.2. The van der Waals surface area contributed by atoms with Crippen LogP contribution < -0.4 is 15.2 Å². The van der Waals surface area contributed by atoms with Gasteiger partial charge in [-0.25, -0.2) is 0 Å². The number of aryl methyl sites for hydroxylation is 1. The molecule has 19 heavy (non-hydrogen) atoms. The molecule has 1 heterocycles. The van der Waals surface area contributed by atoms with Crippen LogP contribution in [-0.4, -0.2) is 34.0 Å². The first-order valence-corrected chi connectivity index (χ1v) is 6.68. The van der Waals surface area contributed by atoms with Gasteiger partial charge < -0.3 is 19.9 Å². The van der Waals surface area contributed by atoms with Crippen molar-refractivity contribution in [2.24, 2.45) is 5.73 Å². The molecule has 4 heteroatoms. The molecule has 2 rings (SSSR count). The summed E-state index contributed by atoms with van der Waals surface area (Å²) in [6.07, 6.45) is 2.07. The van der Waals surface area contributed by atoms with Crippen molar-refractivity contribution in [3.8, 4) is 11.5 Å². The lowest BCUT2D eigenvalue weighted by Crippen LogP contribution is -2.47. The van der Waals surface area contributed by atoms with Gasteiger partial charge in [-0.3, -0.25) is 0 Å². The minimum absolute atomic E-state index is 0.100. The molecule has 0 atom stereocenters. The molecule has 0 bridgehead atoms. The summed E-state index contributed by atoms with van der Waals surface area (Å²) in [6, 6.07) is 4.13. The van der Waals surface area contributed by atoms with E-state index in [0.29, 0.717) is 6.54 Å². The highest BCUT2D eigenvalue weighted by Crippen LogP contribution is 2.42. The van der Waals surface area contributed by atoms with E-state index in [4.69, 9.17) is 19.9 Å². The minimum atomic E-state index is 0.100. The molecule has 0 unspecified atom stereocenters. The van der Waals surface area contributed by atoms with E-state index in [1.807, 2.05) is 6.07 Å². The summed E-state index contributed by atoms with van der Waals surface area (Å²) in [6.45, 7) is 4.36. The van der Waals surface area contributed by atoms with Gasteiger partial charge in [-0.1, -0.05) is 0 Å². The van der Waals surface area contributed by atoms with Gasteiger partial charge >= 0.3 is 0 Å². The normalized spacial score (nSPS) is 16.8. The first-order valence-electron chi connectivity index (χ1n) is 6.68. The van der Waals surface area contributed by atoms with E-state index in [2.05, 4.69) is 13.0 Å². The Bertz CT molecular complexity index is 441. The van der Waals surface area contributed by atoms with Gasteiger partial charge in [-0.15, -0.1) is 0 Å². The molecule has 0 amide bonds. The smallest absolute Gasteiger partial charge is 0.161 e. The van der Waals surface area contributed by atoms with Crippen molar-refractivity contribution < 1.29 is 14.2 Å². The van der Waals surface area contributed by atoms with Gasteiger partial charge in [0.2, 0.25) is 0 Å². The van der Waals surface area contributed by atoms with E-state index in [-0.39, 0.29) is 5.41 Å². The molecule has 1 aliphatic rings. The van der Waals surface area contributed by atoms with E-state index in [1.165, 1.54) is 11.1 Å². The highest BCUT2D eigenvalue weighted by atomic mass is 16.5. The Balaban J connectivity index is 2.37. The third-order valence-corrected chi connectivity index (χ3v) is 3.92. The first-order chi connectivity index (χ1) is 9.16. The molecular formula is C15H23NO3. The van der Waals surface area contributed by atoms with Gasteiger partial charge in [-0.2, -0.15) is 0 Å². The average Bonchev–Trinajstić information content (AvgIpc) is 2.38. The molecule has 0 saturated carbocycles. The summed E-state index contributed by atoms with van der Waals surface area (Å²) in [7, 11) is 3.33. The van der Waals surface area contributed by atoms with E-state index in [0.717, 1.165) is 37.6 Å². The topological polar surface area (TPSA) is 53.7 Å². The number of hydrogen-bond donors (Lipinski definition) is 1. The Kier molecular flexibility index (Phi) is 4.32. The molecule has 106 valence electrons. The molecule has 0 radical (unpaired) electrons. The summed E-state index contributed by atoms with van der Waals surface area (Å²) in [5.74, 6) is 1.56. The quantitative estimate of drug-likeness (QED) is 0.855. The van der Waals surface area contributed by atoms with Crippen molar-refractivity contribution in [2.45, 2.75) is 25.2 Å². The standard InChI is InChI=1S/C15H23NO3/c1-11-7-13(17-2)14(18-3)8-12(11)15(5-4-6-16)9-19-10-15/h7-8H,4-6,9-10,16H2,1-3H3. The fourth-order valence-corrected chi connectivity index (χ4v) is 2.78. The van der Waals surface area contributed by atoms with Crippen LogP contribution in [0.2, 0.25) is 0 Å². The maximum Gasteiger partial charge on any atom is 0.161 e. The van der Waals surface area contributed by atoms with Crippen molar-refractivity contribution in [1.82, 2.24) is 0 Å². The molecule has 0 aliphatic carbocycles. The van der Waals surface area contributed by atoms with Gasteiger partial charge in [0, 0.05) is 5.41 Å². The van der Waals surface area contributed by atoms with Crippen LogP contribution in [0.5, 0.6) is 11.5 Å². The summed E-state index contributed by atoms with van der Waals surface area (Å²) in [5, 5.41) is 0. The second-order valence-corrected chi connectivity index (χ2v) is 5.19. The van der Waals surface area contributed by atoms with Gasteiger partial charge in [0.25, 0.3) is 0 Å². The Morgan fingerprint density at radius 2 is 1.84 bits per heavy atom. The van der Waals surface area contributed by atoms with Crippen molar-refractivity contribution in [1.29, 1.82) is 0 Å². The Hall–Kier alpha value is -1.26. The highest BCUT2D eigenvalue weighted by Gasteiger charge is 2.41. The van der Waals surface area contributed by atoms with Crippen LogP contribution in [0.1, 0.15) is 24.0 Å². The zero-order valence-corrected chi connectivity index (χ0v) is 12.0. The molecule has 1 aliphatic heterocycles. The fraction of sp³-hybridized carbons (Fsp3) is 0.600. The first kappa shape index (κ1) is 14.2. The van der Waals surface area contributed by atoms with Crippen LogP contribution in [0, 0.1) is 6.92 Å². The fourth-order valence-electron chi connectivity index (χ4n) is 2.78. The Morgan fingerprint density at radius 3 is 2.32 bits per heavy atom. The second-order valence-electron chi connectivity index (χ2n) is 5.19. The SMILES string of the molecule is COc1cc(C)c(C2(CCCN)COC2)cc1OC. The molecule has 1 fully saturated rings. The average molecular weight is 265 g/mol. The molecule has 1 aromatic rings. The minimum Gasteiger partial charge on any atom is -0.493 e. The molecule has 0 spiro atoms. The third kappa shape index (κ3) is 2.55. The van der Waals surface area contributed by atoms with E-state index in [9.17, 15) is 0 Å². The van der Waals surface area contributed by atoms with E-state index in [1.54, 1.807) is 14.2 Å². The van der Waals surface area contributed by atoms with Crippen LogP contribution in [0.15, 0.2) is 12.1 Å². The number of nitrogens with two attached hydrogens (primary N) is 1. The summed E-state index contributed by atoms with van der Waals surface area (Å²) >= 11 is 0. The molecule has 2 N–H and O–H groups in total. The van der Waals surface area contributed by atoms with Crippen molar-refractivity contribution in [3.05, 3.63) is 23.3 Å². The van der Waals surface area contributed by atoms with Crippen LogP contribution >= 0.6 is 0 Å². The number of hydrogen-bond acceptors (Lipinski definition) is 4. The van der Waals surface area contributed by atoms with Crippen LogP contribution in [-0.2, 0) is 10.2 Å². The number of benzene rings is 1. The molecule has 1 aromatic carbocycles. The molecule has 1 saturated heterocycles. The summed E-state index contributed by atoms with van der Waals surface area (Å²) in [4.78, 5) is 0. The van der Waals surface area contributed by atoms with Gasteiger partial charge in [0.1, 0.15) is 0 Å². The van der Waals surface area contributed by atoms with Gasteiger partial charge in [0.15, 0.2) is 11.5 Å². The van der Waals surface area contributed by atoms with Crippen molar-refractivity contribution >= 4 is 0 Å². The molecular weight excluding hydrogens is 242 g/mol. The maximum atomic E-state index is 5.65. The predicted molar refractivity (Wildman–Crippen MR) is 75.1 cm³/mol. The van der Waals surface area contributed by atoms with Crippen molar-refractivity contribution in [2.75, 3.05) is 34.0 Å². The number of rotatable bonds is 6.